The Hall–Kier alpha value is 0.140. The number of hydrogen-bond donors (Lipinski definition) is 1. The number of rotatable bonds is 6. The normalized spacial score (nSPS) is 10.4. The molecule has 0 amide bonds. The van der Waals surface area contributed by atoms with Gasteiger partial charge in [0.15, 0.2) is 0 Å². The van der Waals surface area contributed by atoms with E-state index in [0.29, 0.717) is 0 Å². The fourth-order valence-electron chi connectivity index (χ4n) is 1.18. The molecule has 0 spiro atoms. The SMILES string of the molecule is BrCCCCNCc1ccc(Br)cc1. The highest BCUT2D eigenvalue weighted by Gasteiger charge is 1.92. The second kappa shape index (κ2) is 7.43. The molecule has 78 valence electrons. The van der Waals surface area contributed by atoms with Crippen molar-refractivity contribution in [2.24, 2.45) is 0 Å². The zero-order valence-corrected chi connectivity index (χ0v) is 11.3. The van der Waals surface area contributed by atoms with E-state index in [9.17, 15) is 0 Å². The van der Waals surface area contributed by atoms with E-state index in [1.165, 1.54) is 18.4 Å². The molecular weight excluding hydrogens is 306 g/mol. The molecule has 0 bridgehead atoms. The predicted molar refractivity (Wildman–Crippen MR) is 68.9 cm³/mol. The average Bonchev–Trinajstić information content (AvgIpc) is 2.21. The highest BCUT2D eigenvalue weighted by atomic mass is 79.9. The lowest BCUT2D eigenvalue weighted by molar-refractivity contribution is 0.644. The van der Waals surface area contributed by atoms with E-state index in [1.807, 2.05) is 0 Å². The minimum Gasteiger partial charge on any atom is -0.313 e. The summed E-state index contributed by atoms with van der Waals surface area (Å²) in [6.45, 7) is 2.07. The van der Waals surface area contributed by atoms with Gasteiger partial charge in [0.25, 0.3) is 0 Å². The van der Waals surface area contributed by atoms with Crippen LogP contribution in [-0.2, 0) is 6.54 Å². The van der Waals surface area contributed by atoms with Crippen molar-refractivity contribution < 1.29 is 0 Å². The van der Waals surface area contributed by atoms with Gasteiger partial charge in [0, 0.05) is 16.3 Å². The van der Waals surface area contributed by atoms with Gasteiger partial charge in [-0.1, -0.05) is 44.0 Å². The molecule has 1 aromatic carbocycles. The summed E-state index contributed by atoms with van der Waals surface area (Å²) in [7, 11) is 0. The third-order valence-corrected chi connectivity index (χ3v) is 3.07. The second-order valence-corrected chi connectivity index (χ2v) is 4.91. The molecule has 0 aliphatic rings. The van der Waals surface area contributed by atoms with Crippen molar-refractivity contribution in [1.82, 2.24) is 5.32 Å². The Kier molecular flexibility index (Phi) is 6.48. The third kappa shape index (κ3) is 5.13. The van der Waals surface area contributed by atoms with E-state index >= 15 is 0 Å². The van der Waals surface area contributed by atoms with Crippen LogP contribution in [0.3, 0.4) is 0 Å². The largest absolute Gasteiger partial charge is 0.313 e. The van der Waals surface area contributed by atoms with E-state index in [1.54, 1.807) is 0 Å². The number of nitrogens with one attached hydrogen (secondary N) is 1. The molecular formula is C11H15Br2N. The lowest BCUT2D eigenvalue weighted by Gasteiger charge is -2.04. The molecule has 0 saturated carbocycles. The van der Waals surface area contributed by atoms with Gasteiger partial charge in [-0.15, -0.1) is 0 Å². The van der Waals surface area contributed by atoms with E-state index in [2.05, 4.69) is 61.4 Å². The Morgan fingerprint density at radius 2 is 1.79 bits per heavy atom. The van der Waals surface area contributed by atoms with Gasteiger partial charge in [-0.2, -0.15) is 0 Å². The summed E-state index contributed by atoms with van der Waals surface area (Å²) in [5.74, 6) is 0. The van der Waals surface area contributed by atoms with Crippen LogP contribution in [0.15, 0.2) is 28.7 Å². The molecule has 0 saturated heterocycles. The summed E-state index contributed by atoms with van der Waals surface area (Å²) in [4.78, 5) is 0. The number of unbranched alkanes of at least 4 members (excludes halogenated alkanes) is 1. The van der Waals surface area contributed by atoms with Gasteiger partial charge < -0.3 is 5.32 Å². The average molecular weight is 321 g/mol. The molecule has 0 radical (unpaired) electrons. The maximum atomic E-state index is 3.42. The van der Waals surface area contributed by atoms with Crippen LogP contribution in [0.1, 0.15) is 18.4 Å². The van der Waals surface area contributed by atoms with Gasteiger partial charge in [0.2, 0.25) is 0 Å². The van der Waals surface area contributed by atoms with Crippen molar-refractivity contribution in [3.8, 4) is 0 Å². The molecule has 3 heteroatoms. The van der Waals surface area contributed by atoms with Crippen LogP contribution in [0, 0.1) is 0 Å². The lowest BCUT2D eigenvalue weighted by Crippen LogP contribution is -2.14. The van der Waals surface area contributed by atoms with Gasteiger partial charge in [-0.05, 0) is 37.1 Å². The predicted octanol–water partition coefficient (Wildman–Crippen LogP) is 3.71. The summed E-state index contributed by atoms with van der Waals surface area (Å²) in [6, 6.07) is 8.44. The van der Waals surface area contributed by atoms with E-state index in [0.717, 1.165) is 22.9 Å². The summed E-state index contributed by atoms with van der Waals surface area (Å²) in [5, 5.41) is 4.52. The zero-order valence-electron chi connectivity index (χ0n) is 8.10. The molecule has 0 heterocycles. The minimum atomic E-state index is 0.968. The molecule has 1 aromatic rings. The third-order valence-electron chi connectivity index (χ3n) is 1.98. The standard InChI is InChI=1S/C11H15Br2N/c12-7-1-2-8-14-9-10-3-5-11(13)6-4-10/h3-6,14H,1-2,7-9H2. The maximum Gasteiger partial charge on any atom is 0.0205 e. The summed E-state index contributed by atoms with van der Waals surface area (Å²) >= 11 is 6.84. The Morgan fingerprint density at radius 1 is 1.07 bits per heavy atom. The number of benzene rings is 1. The topological polar surface area (TPSA) is 12.0 Å². The first-order valence-corrected chi connectivity index (χ1v) is 6.75. The van der Waals surface area contributed by atoms with Crippen LogP contribution in [-0.4, -0.2) is 11.9 Å². The van der Waals surface area contributed by atoms with Crippen LogP contribution >= 0.6 is 31.9 Å². The molecule has 1 rings (SSSR count). The first-order valence-electron chi connectivity index (χ1n) is 4.84. The molecule has 0 fully saturated rings. The van der Waals surface area contributed by atoms with Gasteiger partial charge in [-0.25, -0.2) is 0 Å². The summed E-state index contributed by atoms with van der Waals surface area (Å²) in [6.07, 6.45) is 2.48. The van der Waals surface area contributed by atoms with Crippen molar-refractivity contribution in [3.05, 3.63) is 34.3 Å². The van der Waals surface area contributed by atoms with Crippen molar-refractivity contribution >= 4 is 31.9 Å². The first kappa shape index (κ1) is 12.2. The quantitative estimate of drug-likeness (QED) is 0.622. The lowest BCUT2D eigenvalue weighted by atomic mass is 10.2. The van der Waals surface area contributed by atoms with Crippen LogP contribution < -0.4 is 5.32 Å². The Morgan fingerprint density at radius 3 is 2.43 bits per heavy atom. The number of halogens is 2. The maximum absolute atomic E-state index is 3.42. The molecule has 0 aliphatic heterocycles. The van der Waals surface area contributed by atoms with Crippen molar-refractivity contribution in [3.63, 3.8) is 0 Å². The Balaban J connectivity index is 2.15. The monoisotopic (exact) mass is 319 g/mol. The van der Waals surface area contributed by atoms with Crippen molar-refractivity contribution in [1.29, 1.82) is 0 Å². The number of hydrogen-bond acceptors (Lipinski definition) is 1. The van der Waals surface area contributed by atoms with Gasteiger partial charge in [0.05, 0.1) is 0 Å². The molecule has 0 aliphatic carbocycles. The van der Waals surface area contributed by atoms with Crippen LogP contribution in [0.25, 0.3) is 0 Å². The zero-order chi connectivity index (χ0) is 10.2. The van der Waals surface area contributed by atoms with Crippen LogP contribution in [0.4, 0.5) is 0 Å². The molecule has 0 unspecified atom stereocenters. The molecule has 0 aromatic heterocycles. The van der Waals surface area contributed by atoms with Crippen LogP contribution in [0.2, 0.25) is 0 Å². The molecule has 1 N–H and O–H groups in total. The molecule has 0 atom stereocenters. The second-order valence-electron chi connectivity index (χ2n) is 3.20. The minimum absolute atomic E-state index is 0.968. The highest BCUT2D eigenvalue weighted by molar-refractivity contribution is 9.10. The van der Waals surface area contributed by atoms with Gasteiger partial charge in [-0.3, -0.25) is 0 Å². The molecule has 14 heavy (non-hydrogen) atoms. The van der Waals surface area contributed by atoms with Crippen LogP contribution in [0.5, 0.6) is 0 Å². The fourth-order valence-corrected chi connectivity index (χ4v) is 1.84. The van der Waals surface area contributed by atoms with E-state index in [4.69, 9.17) is 0 Å². The smallest absolute Gasteiger partial charge is 0.0205 e. The van der Waals surface area contributed by atoms with Gasteiger partial charge in [0.1, 0.15) is 0 Å². The number of alkyl halides is 1. The Bertz CT molecular complexity index is 246. The van der Waals surface area contributed by atoms with E-state index in [-0.39, 0.29) is 0 Å². The molecule has 1 nitrogen and oxygen atoms in total. The first-order chi connectivity index (χ1) is 6.83. The van der Waals surface area contributed by atoms with Crippen molar-refractivity contribution in [2.45, 2.75) is 19.4 Å². The summed E-state index contributed by atoms with van der Waals surface area (Å²) in [5.41, 5.74) is 1.34. The van der Waals surface area contributed by atoms with E-state index < -0.39 is 0 Å². The van der Waals surface area contributed by atoms with Crippen molar-refractivity contribution in [2.75, 3.05) is 11.9 Å². The summed E-state index contributed by atoms with van der Waals surface area (Å²) < 4.78 is 1.14. The van der Waals surface area contributed by atoms with Gasteiger partial charge >= 0.3 is 0 Å². The Labute approximate surface area is 103 Å². The fraction of sp³-hybridized carbons (Fsp3) is 0.455. The highest BCUT2D eigenvalue weighted by Crippen LogP contribution is 2.10.